The van der Waals surface area contributed by atoms with Crippen LogP contribution < -0.4 is 10.6 Å². The van der Waals surface area contributed by atoms with Crippen molar-refractivity contribution >= 4 is 17.8 Å². The second-order valence-corrected chi connectivity index (χ2v) is 7.33. The molecule has 2 aliphatic rings. The zero-order valence-electron chi connectivity index (χ0n) is 14.5. The lowest BCUT2D eigenvalue weighted by atomic mass is 9.91. The summed E-state index contributed by atoms with van der Waals surface area (Å²) in [6, 6.07) is 3.71. The van der Waals surface area contributed by atoms with Crippen molar-refractivity contribution in [2.45, 2.75) is 25.8 Å². The highest BCUT2D eigenvalue weighted by Gasteiger charge is 2.54. The van der Waals surface area contributed by atoms with Crippen LogP contribution in [0.2, 0.25) is 0 Å². The van der Waals surface area contributed by atoms with Gasteiger partial charge in [0.05, 0.1) is 0 Å². The first-order valence-electron chi connectivity index (χ1n) is 8.97. The van der Waals surface area contributed by atoms with Crippen LogP contribution >= 0.6 is 0 Å². The van der Waals surface area contributed by atoms with Gasteiger partial charge in [-0.25, -0.2) is 14.6 Å². The van der Waals surface area contributed by atoms with Crippen molar-refractivity contribution in [2.75, 3.05) is 19.6 Å². The number of piperidine rings is 1. The molecule has 2 fully saturated rings. The summed E-state index contributed by atoms with van der Waals surface area (Å²) < 4.78 is 1.92. The molecule has 138 valence electrons. The molecule has 8 heteroatoms. The summed E-state index contributed by atoms with van der Waals surface area (Å²) in [5.41, 5.74) is 2.13. The molecule has 0 radical (unpaired) electrons. The average Bonchev–Trinajstić information content (AvgIpc) is 3.09. The van der Waals surface area contributed by atoms with Crippen LogP contribution in [-0.4, -0.2) is 51.1 Å². The SMILES string of the molecule is O=C(NCc1ccc2nccn2c1)NCC1CC12CCN(C(=O)O)CC2. The van der Waals surface area contributed by atoms with E-state index >= 15 is 0 Å². The van der Waals surface area contributed by atoms with Crippen LogP contribution in [0.25, 0.3) is 5.65 Å². The van der Waals surface area contributed by atoms with E-state index in [4.69, 9.17) is 5.11 Å². The fraction of sp³-hybridized carbons (Fsp3) is 0.500. The zero-order chi connectivity index (χ0) is 18.1. The van der Waals surface area contributed by atoms with Crippen LogP contribution in [0.15, 0.2) is 30.7 Å². The number of nitrogens with one attached hydrogen (secondary N) is 2. The minimum Gasteiger partial charge on any atom is -0.465 e. The Morgan fingerprint density at radius 2 is 2.08 bits per heavy atom. The second-order valence-electron chi connectivity index (χ2n) is 7.33. The van der Waals surface area contributed by atoms with E-state index in [1.807, 2.05) is 28.9 Å². The second kappa shape index (κ2) is 6.51. The third kappa shape index (κ3) is 3.31. The molecular formula is C18H23N5O3. The molecule has 4 rings (SSSR count). The van der Waals surface area contributed by atoms with E-state index in [0.29, 0.717) is 32.1 Å². The van der Waals surface area contributed by atoms with Gasteiger partial charge in [-0.1, -0.05) is 6.07 Å². The lowest BCUT2D eigenvalue weighted by Gasteiger charge is -2.31. The van der Waals surface area contributed by atoms with Gasteiger partial charge in [-0.2, -0.15) is 0 Å². The van der Waals surface area contributed by atoms with E-state index in [1.165, 1.54) is 4.90 Å². The molecule has 3 N–H and O–H groups in total. The molecule has 1 saturated carbocycles. The number of aromatic nitrogens is 2. The number of carbonyl (C=O) groups is 2. The molecule has 1 saturated heterocycles. The molecule has 1 aliphatic heterocycles. The van der Waals surface area contributed by atoms with Gasteiger partial charge < -0.3 is 25.0 Å². The number of amides is 3. The Balaban J connectivity index is 1.20. The van der Waals surface area contributed by atoms with Crippen molar-refractivity contribution in [1.82, 2.24) is 24.9 Å². The number of carbonyl (C=O) groups excluding carboxylic acids is 1. The summed E-state index contributed by atoms with van der Waals surface area (Å²) in [4.78, 5) is 28.7. The monoisotopic (exact) mass is 357 g/mol. The van der Waals surface area contributed by atoms with Gasteiger partial charge in [0.25, 0.3) is 0 Å². The molecule has 1 aliphatic carbocycles. The van der Waals surface area contributed by atoms with E-state index in [0.717, 1.165) is 30.5 Å². The van der Waals surface area contributed by atoms with Gasteiger partial charge in [0, 0.05) is 44.8 Å². The highest BCUT2D eigenvalue weighted by atomic mass is 16.4. The van der Waals surface area contributed by atoms with Crippen LogP contribution in [0.1, 0.15) is 24.8 Å². The number of likely N-dealkylation sites (tertiary alicyclic amines) is 1. The third-order valence-corrected chi connectivity index (χ3v) is 5.80. The van der Waals surface area contributed by atoms with Crippen LogP contribution in [0.4, 0.5) is 9.59 Å². The summed E-state index contributed by atoms with van der Waals surface area (Å²) in [6.45, 7) is 2.33. The summed E-state index contributed by atoms with van der Waals surface area (Å²) >= 11 is 0. The van der Waals surface area contributed by atoms with Gasteiger partial charge in [0.2, 0.25) is 0 Å². The van der Waals surface area contributed by atoms with Gasteiger partial charge in [0.15, 0.2) is 0 Å². The number of nitrogens with zero attached hydrogens (tertiary/aromatic N) is 3. The number of imidazole rings is 1. The van der Waals surface area contributed by atoms with Crippen molar-refractivity contribution in [3.05, 3.63) is 36.3 Å². The van der Waals surface area contributed by atoms with E-state index in [2.05, 4.69) is 15.6 Å². The molecule has 26 heavy (non-hydrogen) atoms. The first-order valence-corrected chi connectivity index (χ1v) is 8.97. The van der Waals surface area contributed by atoms with Gasteiger partial charge in [-0.05, 0) is 42.2 Å². The molecule has 8 nitrogen and oxygen atoms in total. The predicted octanol–water partition coefficient (Wildman–Crippen LogP) is 1.91. The predicted molar refractivity (Wildman–Crippen MR) is 94.8 cm³/mol. The Labute approximate surface area is 151 Å². The van der Waals surface area contributed by atoms with Gasteiger partial charge >= 0.3 is 12.1 Å². The van der Waals surface area contributed by atoms with E-state index < -0.39 is 6.09 Å². The Morgan fingerprint density at radius 3 is 2.85 bits per heavy atom. The number of hydrogen-bond donors (Lipinski definition) is 3. The van der Waals surface area contributed by atoms with Crippen LogP contribution in [-0.2, 0) is 6.54 Å². The fourth-order valence-electron chi connectivity index (χ4n) is 4.01. The minimum atomic E-state index is -0.830. The Kier molecular flexibility index (Phi) is 4.18. The van der Waals surface area contributed by atoms with Crippen LogP contribution in [0.3, 0.4) is 0 Å². The lowest BCUT2D eigenvalue weighted by Crippen LogP contribution is -2.40. The van der Waals surface area contributed by atoms with Crippen molar-refractivity contribution in [1.29, 1.82) is 0 Å². The van der Waals surface area contributed by atoms with Crippen molar-refractivity contribution < 1.29 is 14.7 Å². The molecule has 3 amide bonds. The molecule has 2 aromatic rings. The maximum absolute atomic E-state index is 12.0. The molecular weight excluding hydrogens is 334 g/mol. The molecule has 0 bridgehead atoms. The maximum atomic E-state index is 12.0. The number of fused-ring (bicyclic) bond motifs is 1. The Hall–Kier alpha value is -2.77. The number of pyridine rings is 1. The summed E-state index contributed by atoms with van der Waals surface area (Å²) in [6.07, 6.45) is 7.62. The van der Waals surface area contributed by atoms with E-state index in [-0.39, 0.29) is 11.4 Å². The lowest BCUT2D eigenvalue weighted by molar-refractivity contribution is 0.117. The molecule has 1 unspecified atom stereocenters. The molecule has 0 aromatic carbocycles. The fourth-order valence-corrected chi connectivity index (χ4v) is 4.01. The first-order chi connectivity index (χ1) is 12.6. The largest absolute Gasteiger partial charge is 0.465 e. The average molecular weight is 357 g/mol. The van der Waals surface area contributed by atoms with Gasteiger partial charge in [-0.3, -0.25) is 0 Å². The van der Waals surface area contributed by atoms with Crippen molar-refractivity contribution in [2.24, 2.45) is 11.3 Å². The van der Waals surface area contributed by atoms with E-state index in [9.17, 15) is 9.59 Å². The minimum absolute atomic E-state index is 0.166. The smallest absolute Gasteiger partial charge is 0.407 e. The van der Waals surface area contributed by atoms with Gasteiger partial charge in [0.1, 0.15) is 5.65 Å². The number of hydrogen-bond acceptors (Lipinski definition) is 3. The van der Waals surface area contributed by atoms with Crippen molar-refractivity contribution in [3.63, 3.8) is 0 Å². The quantitative estimate of drug-likeness (QED) is 0.778. The zero-order valence-corrected chi connectivity index (χ0v) is 14.5. The first kappa shape index (κ1) is 16.7. The summed E-state index contributed by atoms with van der Waals surface area (Å²) in [5, 5.41) is 14.9. The molecule has 3 heterocycles. The molecule has 1 atom stereocenters. The number of rotatable bonds is 4. The van der Waals surface area contributed by atoms with Crippen LogP contribution in [0.5, 0.6) is 0 Å². The highest BCUT2D eigenvalue weighted by molar-refractivity contribution is 5.73. The highest BCUT2D eigenvalue weighted by Crippen LogP contribution is 2.58. The Morgan fingerprint density at radius 1 is 1.27 bits per heavy atom. The Bertz CT molecular complexity index is 825. The van der Waals surface area contributed by atoms with Crippen LogP contribution in [0, 0.1) is 11.3 Å². The standard InChI is InChI=1S/C18H23N5O3/c24-16(20-10-13-1-2-15-19-5-8-23(15)12-13)21-11-14-9-18(14)3-6-22(7-4-18)17(25)26/h1-2,5,8,12,14H,3-4,6-7,9-11H2,(H,25,26)(H2,20,21,24). The molecule has 1 spiro atoms. The molecule has 2 aromatic heterocycles. The number of carboxylic acid groups (broad SMARTS) is 1. The maximum Gasteiger partial charge on any atom is 0.407 e. The van der Waals surface area contributed by atoms with Gasteiger partial charge in [-0.15, -0.1) is 0 Å². The summed E-state index contributed by atoms with van der Waals surface area (Å²) in [5.74, 6) is 0.464. The summed E-state index contributed by atoms with van der Waals surface area (Å²) in [7, 11) is 0. The van der Waals surface area contributed by atoms with E-state index in [1.54, 1.807) is 6.20 Å². The normalized spacial score (nSPS) is 20.9. The topological polar surface area (TPSA) is 99.0 Å². The number of urea groups is 1. The van der Waals surface area contributed by atoms with Crippen molar-refractivity contribution in [3.8, 4) is 0 Å². The third-order valence-electron chi connectivity index (χ3n) is 5.80.